The van der Waals surface area contributed by atoms with E-state index in [1.807, 2.05) is 6.92 Å². The molecule has 0 aromatic carbocycles. The fraction of sp³-hybridized carbons (Fsp3) is 1.00. The SMILES string of the molecule is CCC(O)CCNC(C)C1CC1. The van der Waals surface area contributed by atoms with Crippen molar-refractivity contribution < 1.29 is 5.11 Å². The van der Waals surface area contributed by atoms with Gasteiger partial charge in [0, 0.05) is 6.04 Å². The van der Waals surface area contributed by atoms with Crippen LogP contribution in [0.5, 0.6) is 0 Å². The van der Waals surface area contributed by atoms with Gasteiger partial charge in [0.1, 0.15) is 0 Å². The first kappa shape index (κ1) is 10.0. The van der Waals surface area contributed by atoms with Crippen molar-refractivity contribution in [1.82, 2.24) is 5.32 Å². The molecule has 1 fully saturated rings. The summed E-state index contributed by atoms with van der Waals surface area (Å²) in [6, 6.07) is 0.661. The van der Waals surface area contributed by atoms with Crippen LogP contribution in [0.15, 0.2) is 0 Å². The Morgan fingerprint density at radius 3 is 2.67 bits per heavy atom. The molecule has 0 saturated heterocycles. The second-order valence-electron chi connectivity index (χ2n) is 3.93. The first-order valence-corrected chi connectivity index (χ1v) is 5.15. The Labute approximate surface area is 75.4 Å². The Morgan fingerprint density at radius 1 is 1.50 bits per heavy atom. The van der Waals surface area contributed by atoms with Crippen molar-refractivity contribution in [2.75, 3.05) is 6.54 Å². The van der Waals surface area contributed by atoms with Gasteiger partial charge < -0.3 is 10.4 Å². The van der Waals surface area contributed by atoms with Gasteiger partial charge in [-0.15, -0.1) is 0 Å². The summed E-state index contributed by atoms with van der Waals surface area (Å²) < 4.78 is 0. The van der Waals surface area contributed by atoms with Crippen LogP contribution in [0.2, 0.25) is 0 Å². The first-order chi connectivity index (χ1) is 5.74. The topological polar surface area (TPSA) is 32.3 Å². The van der Waals surface area contributed by atoms with Crippen LogP contribution >= 0.6 is 0 Å². The summed E-state index contributed by atoms with van der Waals surface area (Å²) >= 11 is 0. The van der Waals surface area contributed by atoms with E-state index in [1.165, 1.54) is 12.8 Å². The third-order valence-corrected chi connectivity index (χ3v) is 2.74. The molecule has 2 heteroatoms. The zero-order valence-electron chi connectivity index (χ0n) is 8.21. The highest BCUT2D eigenvalue weighted by Gasteiger charge is 2.27. The molecule has 2 unspecified atom stereocenters. The Morgan fingerprint density at radius 2 is 2.17 bits per heavy atom. The van der Waals surface area contributed by atoms with Crippen LogP contribution in [0.25, 0.3) is 0 Å². The lowest BCUT2D eigenvalue weighted by molar-refractivity contribution is 0.158. The van der Waals surface area contributed by atoms with E-state index in [9.17, 15) is 5.11 Å². The average Bonchev–Trinajstić information content (AvgIpc) is 2.86. The molecule has 1 aliphatic carbocycles. The summed E-state index contributed by atoms with van der Waals surface area (Å²) in [6.45, 7) is 5.23. The molecule has 0 aliphatic heterocycles. The van der Waals surface area contributed by atoms with Gasteiger partial charge in [0.25, 0.3) is 0 Å². The van der Waals surface area contributed by atoms with Crippen LogP contribution < -0.4 is 5.32 Å². The van der Waals surface area contributed by atoms with Gasteiger partial charge in [-0.25, -0.2) is 0 Å². The summed E-state index contributed by atoms with van der Waals surface area (Å²) in [7, 11) is 0. The highest BCUT2D eigenvalue weighted by atomic mass is 16.3. The molecule has 0 aromatic rings. The Kier molecular flexibility index (Phi) is 4.02. The normalized spacial score (nSPS) is 22.2. The van der Waals surface area contributed by atoms with E-state index in [0.717, 1.165) is 25.3 Å². The standard InChI is InChI=1S/C10H21NO/c1-3-10(12)6-7-11-8(2)9-4-5-9/h8-12H,3-7H2,1-2H3. The van der Waals surface area contributed by atoms with Crippen molar-refractivity contribution >= 4 is 0 Å². The fourth-order valence-corrected chi connectivity index (χ4v) is 1.44. The number of aliphatic hydroxyl groups excluding tert-OH is 1. The molecule has 0 heterocycles. The van der Waals surface area contributed by atoms with Crippen molar-refractivity contribution in [2.24, 2.45) is 5.92 Å². The summed E-state index contributed by atoms with van der Waals surface area (Å²) in [4.78, 5) is 0. The van der Waals surface area contributed by atoms with E-state index in [4.69, 9.17) is 0 Å². The lowest BCUT2D eigenvalue weighted by atomic mass is 10.2. The van der Waals surface area contributed by atoms with Crippen LogP contribution in [0.3, 0.4) is 0 Å². The Balaban J connectivity index is 1.93. The van der Waals surface area contributed by atoms with E-state index in [2.05, 4.69) is 12.2 Å². The zero-order valence-corrected chi connectivity index (χ0v) is 8.21. The average molecular weight is 171 g/mol. The highest BCUT2D eigenvalue weighted by molar-refractivity contribution is 4.83. The molecule has 1 aliphatic rings. The second-order valence-corrected chi connectivity index (χ2v) is 3.93. The predicted molar refractivity (Wildman–Crippen MR) is 51.1 cm³/mol. The number of rotatable bonds is 6. The number of nitrogens with one attached hydrogen (secondary N) is 1. The molecule has 1 saturated carbocycles. The Hall–Kier alpha value is -0.0800. The van der Waals surface area contributed by atoms with E-state index < -0.39 is 0 Å². The molecule has 2 nitrogen and oxygen atoms in total. The van der Waals surface area contributed by atoms with Crippen molar-refractivity contribution in [2.45, 2.75) is 51.7 Å². The lowest BCUT2D eigenvalue weighted by Crippen LogP contribution is -2.30. The fourth-order valence-electron chi connectivity index (χ4n) is 1.44. The Bertz CT molecular complexity index is 123. The smallest absolute Gasteiger partial charge is 0.0549 e. The van der Waals surface area contributed by atoms with Gasteiger partial charge in [-0.3, -0.25) is 0 Å². The third kappa shape index (κ3) is 3.55. The summed E-state index contributed by atoms with van der Waals surface area (Å²) in [5.41, 5.74) is 0. The highest BCUT2D eigenvalue weighted by Crippen LogP contribution is 2.32. The van der Waals surface area contributed by atoms with Gasteiger partial charge in [0.15, 0.2) is 0 Å². The quantitative estimate of drug-likeness (QED) is 0.635. The van der Waals surface area contributed by atoms with E-state index >= 15 is 0 Å². The maximum Gasteiger partial charge on any atom is 0.0549 e. The van der Waals surface area contributed by atoms with Crippen molar-refractivity contribution in [3.05, 3.63) is 0 Å². The number of hydrogen-bond acceptors (Lipinski definition) is 2. The van der Waals surface area contributed by atoms with Gasteiger partial charge in [-0.2, -0.15) is 0 Å². The summed E-state index contributed by atoms with van der Waals surface area (Å²) in [6.07, 6.45) is 4.45. The van der Waals surface area contributed by atoms with Gasteiger partial charge >= 0.3 is 0 Å². The first-order valence-electron chi connectivity index (χ1n) is 5.15. The molecule has 0 radical (unpaired) electrons. The molecule has 2 atom stereocenters. The minimum atomic E-state index is -0.107. The van der Waals surface area contributed by atoms with Crippen molar-refractivity contribution in [3.63, 3.8) is 0 Å². The molecule has 0 spiro atoms. The number of hydrogen-bond donors (Lipinski definition) is 2. The van der Waals surface area contributed by atoms with Gasteiger partial charge in [0.05, 0.1) is 6.10 Å². The molecule has 0 bridgehead atoms. The van der Waals surface area contributed by atoms with Gasteiger partial charge in [0.2, 0.25) is 0 Å². The third-order valence-electron chi connectivity index (χ3n) is 2.74. The molecule has 2 N–H and O–H groups in total. The van der Waals surface area contributed by atoms with E-state index in [-0.39, 0.29) is 6.10 Å². The molecule has 1 rings (SSSR count). The monoisotopic (exact) mass is 171 g/mol. The minimum absolute atomic E-state index is 0.107. The van der Waals surface area contributed by atoms with Crippen LogP contribution in [-0.2, 0) is 0 Å². The van der Waals surface area contributed by atoms with Crippen molar-refractivity contribution in [1.29, 1.82) is 0 Å². The number of aliphatic hydroxyl groups is 1. The zero-order chi connectivity index (χ0) is 8.97. The van der Waals surface area contributed by atoms with Crippen LogP contribution in [0.4, 0.5) is 0 Å². The lowest BCUT2D eigenvalue weighted by Gasteiger charge is -2.14. The maximum atomic E-state index is 9.29. The molecular weight excluding hydrogens is 150 g/mol. The van der Waals surface area contributed by atoms with E-state index in [1.54, 1.807) is 0 Å². The van der Waals surface area contributed by atoms with Crippen LogP contribution in [0.1, 0.15) is 39.5 Å². The van der Waals surface area contributed by atoms with Gasteiger partial charge in [-0.1, -0.05) is 6.92 Å². The van der Waals surface area contributed by atoms with Crippen LogP contribution in [0, 0.1) is 5.92 Å². The summed E-state index contributed by atoms with van der Waals surface area (Å²) in [5, 5.41) is 12.7. The summed E-state index contributed by atoms with van der Waals surface area (Å²) in [5.74, 6) is 0.920. The maximum absolute atomic E-state index is 9.29. The second kappa shape index (κ2) is 4.83. The van der Waals surface area contributed by atoms with E-state index in [0.29, 0.717) is 6.04 Å². The molecule has 0 amide bonds. The van der Waals surface area contributed by atoms with Crippen LogP contribution in [-0.4, -0.2) is 23.8 Å². The largest absolute Gasteiger partial charge is 0.393 e. The molecule has 12 heavy (non-hydrogen) atoms. The minimum Gasteiger partial charge on any atom is -0.393 e. The molecule has 72 valence electrons. The predicted octanol–water partition coefficient (Wildman–Crippen LogP) is 1.54. The molecular formula is C10H21NO. The van der Waals surface area contributed by atoms with Gasteiger partial charge in [-0.05, 0) is 45.1 Å². The van der Waals surface area contributed by atoms with Crippen molar-refractivity contribution in [3.8, 4) is 0 Å². The molecule has 0 aromatic heterocycles.